The van der Waals surface area contributed by atoms with Crippen LogP contribution in [0.15, 0.2) is 57.4 Å². The molecule has 0 bridgehead atoms. The van der Waals surface area contributed by atoms with Crippen LogP contribution in [0, 0.1) is 0 Å². The van der Waals surface area contributed by atoms with Crippen LogP contribution in [0.4, 0.5) is 0 Å². The van der Waals surface area contributed by atoms with Crippen LogP contribution in [-0.2, 0) is 10.2 Å². The van der Waals surface area contributed by atoms with Gasteiger partial charge in [-0.1, -0.05) is 45.0 Å². The molecule has 2 aromatic carbocycles. The Kier molecular flexibility index (Phi) is 7.39. The molecule has 1 amide bonds. The van der Waals surface area contributed by atoms with Gasteiger partial charge in [-0.15, -0.1) is 11.3 Å². The molecule has 0 spiro atoms. The van der Waals surface area contributed by atoms with Gasteiger partial charge in [-0.2, -0.15) is 5.10 Å². The van der Waals surface area contributed by atoms with Gasteiger partial charge in [0.2, 0.25) is 0 Å². The predicted molar refractivity (Wildman–Crippen MR) is 135 cm³/mol. The standard InChI is InChI=1S/C25H25BrN2O4S/c1-14(27-28-23(30)16-8-11-18(20(26)12-16)24(31)32-5)19-13-33-22(21(19)29)15-6-9-17(10-7-15)25(2,3)4/h6-13,29H,1-5H3,(H,28,30)/b27-14-. The van der Waals surface area contributed by atoms with Gasteiger partial charge in [0.25, 0.3) is 5.91 Å². The summed E-state index contributed by atoms with van der Waals surface area (Å²) in [4.78, 5) is 24.9. The number of hydrogen-bond donors (Lipinski definition) is 2. The van der Waals surface area contributed by atoms with E-state index in [1.54, 1.807) is 6.92 Å². The van der Waals surface area contributed by atoms with E-state index in [0.717, 1.165) is 10.4 Å². The molecule has 0 saturated heterocycles. The molecular weight excluding hydrogens is 504 g/mol. The van der Waals surface area contributed by atoms with E-state index in [2.05, 4.69) is 59.4 Å². The first kappa shape index (κ1) is 24.7. The smallest absolute Gasteiger partial charge is 0.339 e. The van der Waals surface area contributed by atoms with E-state index in [9.17, 15) is 14.7 Å². The number of nitrogens with zero attached hydrogens (tertiary/aromatic N) is 1. The average Bonchev–Trinajstić information content (AvgIpc) is 3.17. The van der Waals surface area contributed by atoms with E-state index in [1.165, 1.54) is 42.2 Å². The van der Waals surface area contributed by atoms with Crippen molar-refractivity contribution >= 4 is 44.9 Å². The maximum Gasteiger partial charge on any atom is 0.339 e. The van der Waals surface area contributed by atoms with Crippen molar-refractivity contribution in [3.63, 3.8) is 0 Å². The van der Waals surface area contributed by atoms with Crippen molar-refractivity contribution in [1.29, 1.82) is 0 Å². The largest absolute Gasteiger partial charge is 0.506 e. The number of amides is 1. The minimum absolute atomic E-state index is 0.0534. The Morgan fingerprint density at radius 2 is 1.76 bits per heavy atom. The third-order valence-corrected chi connectivity index (χ3v) is 6.80. The highest BCUT2D eigenvalue weighted by atomic mass is 79.9. The highest BCUT2D eigenvalue weighted by Gasteiger charge is 2.18. The lowest BCUT2D eigenvalue weighted by molar-refractivity contribution is 0.0599. The summed E-state index contributed by atoms with van der Waals surface area (Å²) >= 11 is 4.69. The molecule has 3 rings (SSSR count). The molecule has 3 aromatic rings. The Hall–Kier alpha value is -2.97. The van der Waals surface area contributed by atoms with Gasteiger partial charge in [-0.05, 0) is 57.6 Å². The number of halogens is 1. The van der Waals surface area contributed by atoms with E-state index in [1.807, 2.05) is 17.5 Å². The number of benzene rings is 2. The quantitative estimate of drug-likeness (QED) is 0.237. The van der Waals surface area contributed by atoms with Crippen LogP contribution < -0.4 is 5.43 Å². The minimum atomic E-state index is -0.500. The number of hydrogen-bond acceptors (Lipinski definition) is 6. The Morgan fingerprint density at radius 3 is 2.33 bits per heavy atom. The maximum atomic E-state index is 12.5. The fourth-order valence-electron chi connectivity index (χ4n) is 3.13. The van der Waals surface area contributed by atoms with Crippen LogP contribution in [0.25, 0.3) is 10.4 Å². The van der Waals surface area contributed by atoms with Crippen LogP contribution in [0.1, 0.15) is 59.5 Å². The predicted octanol–water partition coefficient (Wildman–Crippen LogP) is 6.12. The second kappa shape index (κ2) is 9.89. The Labute approximate surface area is 205 Å². The van der Waals surface area contributed by atoms with E-state index >= 15 is 0 Å². The molecular formula is C25H25BrN2O4S. The monoisotopic (exact) mass is 528 g/mol. The highest BCUT2D eigenvalue weighted by Crippen LogP contribution is 2.39. The normalized spacial score (nSPS) is 11.9. The van der Waals surface area contributed by atoms with Crippen LogP contribution in [0.3, 0.4) is 0 Å². The molecule has 172 valence electrons. The SMILES string of the molecule is COC(=O)c1ccc(C(=O)N/N=C(/C)c2csc(-c3ccc(C(C)(C)C)cc3)c2O)cc1Br. The van der Waals surface area contributed by atoms with Gasteiger partial charge in [0.15, 0.2) is 0 Å². The van der Waals surface area contributed by atoms with Gasteiger partial charge in [0.1, 0.15) is 5.75 Å². The lowest BCUT2D eigenvalue weighted by Crippen LogP contribution is -2.19. The first-order chi connectivity index (χ1) is 15.5. The van der Waals surface area contributed by atoms with Gasteiger partial charge in [0.05, 0.1) is 28.8 Å². The van der Waals surface area contributed by atoms with Crippen molar-refractivity contribution in [3.05, 3.63) is 74.6 Å². The van der Waals surface area contributed by atoms with Crippen molar-refractivity contribution in [2.24, 2.45) is 5.10 Å². The molecule has 0 radical (unpaired) electrons. The molecule has 0 saturated carbocycles. The lowest BCUT2D eigenvalue weighted by atomic mass is 9.86. The molecule has 0 atom stereocenters. The van der Waals surface area contributed by atoms with E-state index in [0.29, 0.717) is 26.9 Å². The van der Waals surface area contributed by atoms with Gasteiger partial charge in [-0.25, -0.2) is 10.2 Å². The number of carbonyl (C=O) groups excluding carboxylic acids is 2. The lowest BCUT2D eigenvalue weighted by Gasteiger charge is -2.19. The molecule has 2 N–H and O–H groups in total. The summed E-state index contributed by atoms with van der Waals surface area (Å²) < 4.78 is 5.14. The van der Waals surface area contributed by atoms with Gasteiger partial charge < -0.3 is 9.84 Å². The fourth-order valence-corrected chi connectivity index (χ4v) is 4.68. The Balaban J connectivity index is 1.77. The number of esters is 1. The molecule has 8 heteroatoms. The van der Waals surface area contributed by atoms with Crippen molar-refractivity contribution in [2.75, 3.05) is 7.11 Å². The zero-order chi connectivity index (χ0) is 24.3. The summed E-state index contributed by atoms with van der Waals surface area (Å²) in [5.41, 5.74) is 6.35. The second-order valence-electron chi connectivity index (χ2n) is 8.48. The Bertz CT molecular complexity index is 1220. The topological polar surface area (TPSA) is 88.0 Å². The molecule has 6 nitrogen and oxygen atoms in total. The summed E-state index contributed by atoms with van der Waals surface area (Å²) in [5, 5.41) is 16.7. The number of aromatic hydroxyl groups is 1. The number of thiophene rings is 1. The van der Waals surface area contributed by atoms with Gasteiger partial charge in [0, 0.05) is 15.4 Å². The zero-order valence-corrected chi connectivity index (χ0v) is 21.4. The first-order valence-corrected chi connectivity index (χ1v) is 11.8. The average molecular weight is 529 g/mol. The Morgan fingerprint density at radius 1 is 1.09 bits per heavy atom. The fraction of sp³-hybridized carbons (Fsp3) is 0.240. The van der Waals surface area contributed by atoms with Crippen LogP contribution >= 0.6 is 27.3 Å². The van der Waals surface area contributed by atoms with Crippen molar-refractivity contribution in [1.82, 2.24) is 5.43 Å². The summed E-state index contributed by atoms with van der Waals surface area (Å²) in [6.07, 6.45) is 0. The van der Waals surface area contributed by atoms with Crippen LogP contribution in [0.5, 0.6) is 5.75 Å². The number of ether oxygens (including phenoxy) is 1. The second-order valence-corrected chi connectivity index (χ2v) is 10.2. The van der Waals surface area contributed by atoms with E-state index in [4.69, 9.17) is 4.74 Å². The summed E-state index contributed by atoms with van der Waals surface area (Å²) in [5.74, 6) is -0.817. The molecule has 33 heavy (non-hydrogen) atoms. The number of rotatable bonds is 5. The number of methoxy groups -OCH3 is 1. The molecule has 0 unspecified atom stereocenters. The summed E-state index contributed by atoms with van der Waals surface area (Å²) in [7, 11) is 1.29. The van der Waals surface area contributed by atoms with Gasteiger partial charge >= 0.3 is 5.97 Å². The van der Waals surface area contributed by atoms with Crippen LogP contribution in [0.2, 0.25) is 0 Å². The van der Waals surface area contributed by atoms with E-state index in [-0.39, 0.29) is 11.2 Å². The summed E-state index contributed by atoms with van der Waals surface area (Å²) in [6.45, 7) is 8.18. The number of hydrazone groups is 1. The maximum absolute atomic E-state index is 12.5. The third kappa shape index (κ3) is 5.51. The molecule has 0 aliphatic carbocycles. The molecule has 0 fully saturated rings. The highest BCUT2D eigenvalue weighted by molar-refractivity contribution is 9.10. The molecule has 0 aliphatic rings. The zero-order valence-electron chi connectivity index (χ0n) is 19.0. The number of nitrogens with one attached hydrogen (secondary N) is 1. The number of carbonyl (C=O) groups is 2. The summed E-state index contributed by atoms with van der Waals surface area (Å²) in [6, 6.07) is 12.7. The molecule has 1 aromatic heterocycles. The van der Waals surface area contributed by atoms with Crippen LogP contribution in [-0.4, -0.2) is 29.8 Å². The van der Waals surface area contributed by atoms with Crippen molar-refractivity contribution in [3.8, 4) is 16.2 Å². The third-order valence-electron chi connectivity index (χ3n) is 5.13. The first-order valence-electron chi connectivity index (χ1n) is 10.2. The molecule has 0 aliphatic heterocycles. The minimum Gasteiger partial charge on any atom is -0.506 e. The van der Waals surface area contributed by atoms with E-state index < -0.39 is 11.9 Å². The van der Waals surface area contributed by atoms with Crippen molar-refractivity contribution in [2.45, 2.75) is 33.1 Å². The van der Waals surface area contributed by atoms with Gasteiger partial charge in [-0.3, -0.25) is 4.79 Å². The molecule has 1 heterocycles. The van der Waals surface area contributed by atoms with Crippen molar-refractivity contribution < 1.29 is 19.4 Å².